The van der Waals surface area contributed by atoms with Gasteiger partial charge in [-0.05, 0) is 50.0 Å². The minimum Gasteiger partial charge on any atom is -0.478 e. The highest BCUT2D eigenvalue weighted by Gasteiger charge is 2.19. The summed E-state index contributed by atoms with van der Waals surface area (Å²) >= 11 is 1.46. The number of hydrogen-bond acceptors (Lipinski definition) is 4. The predicted octanol–water partition coefficient (Wildman–Crippen LogP) is 4.97. The number of nitrogens with zero attached hydrogens (tertiary/aromatic N) is 3. The van der Waals surface area contributed by atoms with Crippen LogP contribution in [0.4, 0.5) is 0 Å². The fourth-order valence-electron chi connectivity index (χ4n) is 2.48. The molecule has 0 radical (unpaired) electrons. The lowest BCUT2D eigenvalue weighted by Gasteiger charge is -2.23. The first-order valence-electron chi connectivity index (χ1n) is 8.57. The molecule has 0 aliphatic rings. The van der Waals surface area contributed by atoms with Crippen molar-refractivity contribution >= 4 is 37.6 Å². The van der Waals surface area contributed by atoms with Crippen molar-refractivity contribution in [3.63, 3.8) is 0 Å². The van der Waals surface area contributed by atoms with Gasteiger partial charge in [0.2, 0.25) is 0 Å². The van der Waals surface area contributed by atoms with Crippen molar-refractivity contribution < 1.29 is 9.90 Å². The lowest BCUT2D eigenvalue weighted by Crippen LogP contribution is -1.96. The van der Waals surface area contributed by atoms with Gasteiger partial charge < -0.3 is 5.11 Å². The van der Waals surface area contributed by atoms with Crippen molar-refractivity contribution in [1.82, 2.24) is 14.8 Å². The van der Waals surface area contributed by atoms with Crippen LogP contribution in [0.1, 0.15) is 30.6 Å². The number of rotatable bonds is 5. The van der Waals surface area contributed by atoms with Gasteiger partial charge in [0.1, 0.15) is 16.3 Å². The predicted molar refractivity (Wildman–Crippen MR) is 114 cm³/mol. The zero-order chi connectivity index (χ0) is 19.3. The smallest absolute Gasteiger partial charge is 0.339 e. The highest BCUT2D eigenvalue weighted by molar-refractivity contribution is 8.32. The molecule has 3 aromatic rings. The van der Waals surface area contributed by atoms with Gasteiger partial charge in [0.05, 0.1) is 10.2 Å². The number of carboxylic acids is 1. The van der Waals surface area contributed by atoms with Crippen LogP contribution in [0.2, 0.25) is 0 Å². The fourth-order valence-corrected chi connectivity index (χ4v) is 4.67. The first-order valence-corrected chi connectivity index (χ1v) is 12.4. The van der Waals surface area contributed by atoms with Crippen molar-refractivity contribution in [3.8, 4) is 10.7 Å². The van der Waals surface area contributed by atoms with Crippen LogP contribution in [-0.4, -0.2) is 50.4 Å². The number of benzene rings is 1. The number of fused-ring (bicyclic) bond motifs is 1. The molecule has 2 heterocycles. The zero-order valence-electron chi connectivity index (χ0n) is 16.0. The number of aromatic nitrogens is 3. The van der Waals surface area contributed by atoms with Crippen LogP contribution in [-0.2, 0) is 6.54 Å². The SMILES string of the molecule is CCCS(C)(C)C.CCn1cc(C(=O)O)c(-c2nc3ccccc3s2)n1. The number of aryl methyl sites for hydroxylation is 1. The summed E-state index contributed by atoms with van der Waals surface area (Å²) in [5.41, 5.74) is 1.50. The number of carbonyl (C=O) groups is 1. The standard InChI is InChI=1S/C13H11N3O2S.C6H16S/c1-2-16-7-8(13(17)18)11(15-16)12-14-9-5-3-4-6-10(9)19-12;1-5-6-7(2,3)4/h3-7H,2H2,1H3,(H,17,18);5-6H2,1-4H3. The van der Waals surface area contributed by atoms with E-state index in [0.717, 1.165) is 10.2 Å². The second kappa shape index (κ2) is 8.68. The van der Waals surface area contributed by atoms with Gasteiger partial charge in [0, 0.05) is 12.7 Å². The van der Waals surface area contributed by atoms with Crippen LogP contribution in [0, 0.1) is 0 Å². The Labute approximate surface area is 160 Å². The van der Waals surface area contributed by atoms with Gasteiger partial charge in [-0.1, -0.05) is 19.1 Å². The molecular weight excluding hydrogens is 366 g/mol. The summed E-state index contributed by atoms with van der Waals surface area (Å²) in [7, 11) is -0.174. The summed E-state index contributed by atoms with van der Waals surface area (Å²) in [6.45, 7) is 4.80. The van der Waals surface area contributed by atoms with E-state index in [2.05, 4.69) is 35.8 Å². The molecule has 26 heavy (non-hydrogen) atoms. The Morgan fingerprint density at radius 3 is 2.42 bits per heavy atom. The van der Waals surface area contributed by atoms with Crippen LogP contribution < -0.4 is 0 Å². The van der Waals surface area contributed by atoms with Gasteiger partial charge in [-0.3, -0.25) is 4.68 Å². The van der Waals surface area contributed by atoms with E-state index in [-0.39, 0.29) is 15.6 Å². The number of aromatic carboxylic acids is 1. The monoisotopic (exact) mass is 393 g/mol. The number of carboxylic acid groups (broad SMARTS) is 1. The molecule has 1 N–H and O–H groups in total. The minimum absolute atomic E-state index is 0.174. The second-order valence-corrected chi connectivity index (χ2v) is 12.5. The Hall–Kier alpha value is -1.86. The highest BCUT2D eigenvalue weighted by atomic mass is 32.3. The summed E-state index contributed by atoms with van der Waals surface area (Å²) in [5.74, 6) is 0.446. The number of thiazole rings is 1. The summed E-state index contributed by atoms with van der Waals surface area (Å²) < 4.78 is 2.64. The van der Waals surface area contributed by atoms with Gasteiger partial charge >= 0.3 is 5.97 Å². The average Bonchev–Trinajstić information content (AvgIpc) is 3.18. The summed E-state index contributed by atoms with van der Waals surface area (Å²) in [5, 5.41) is 14.2. The van der Waals surface area contributed by atoms with Gasteiger partial charge in [0.25, 0.3) is 0 Å². The highest BCUT2D eigenvalue weighted by Crippen LogP contribution is 2.34. The third-order valence-corrected chi connectivity index (χ3v) is 6.31. The molecule has 1 aromatic carbocycles. The number of para-hydroxylation sites is 1. The molecule has 0 atom stereocenters. The van der Waals surface area contributed by atoms with E-state index in [4.69, 9.17) is 0 Å². The molecule has 0 aliphatic carbocycles. The average molecular weight is 394 g/mol. The van der Waals surface area contributed by atoms with E-state index in [1.54, 1.807) is 10.9 Å². The molecule has 0 fully saturated rings. The molecule has 0 unspecified atom stereocenters. The van der Waals surface area contributed by atoms with Crippen LogP contribution in [0.25, 0.3) is 20.9 Å². The minimum atomic E-state index is -0.978. The molecule has 0 amide bonds. The summed E-state index contributed by atoms with van der Waals surface area (Å²) in [4.78, 5) is 15.7. The Morgan fingerprint density at radius 1 is 1.23 bits per heavy atom. The molecule has 5 nitrogen and oxygen atoms in total. The Kier molecular flexibility index (Phi) is 6.83. The number of hydrogen-bond donors (Lipinski definition) is 1. The zero-order valence-corrected chi connectivity index (χ0v) is 17.7. The van der Waals surface area contributed by atoms with Crippen molar-refractivity contribution in [1.29, 1.82) is 0 Å². The van der Waals surface area contributed by atoms with Gasteiger partial charge in [-0.25, -0.2) is 19.8 Å². The van der Waals surface area contributed by atoms with E-state index in [1.807, 2.05) is 31.2 Å². The third kappa shape index (κ3) is 5.32. The van der Waals surface area contributed by atoms with Crippen LogP contribution in [0.15, 0.2) is 30.5 Å². The van der Waals surface area contributed by atoms with Crippen molar-refractivity contribution in [2.45, 2.75) is 26.8 Å². The summed E-state index contributed by atoms with van der Waals surface area (Å²) in [6, 6.07) is 7.72. The largest absolute Gasteiger partial charge is 0.478 e. The van der Waals surface area contributed by atoms with Crippen LogP contribution in [0.3, 0.4) is 0 Å². The molecule has 0 bridgehead atoms. The van der Waals surface area contributed by atoms with Crippen LogP contribution in [0.5, 0.6) is 0 Å². The Balaban J connectivity index is 0.000000298. The maximum atomic E-state index is 11.3. The maximum absolute atomic E-state index is 11.3. The van der Waals surface area contributed by atoms with Crippen molar-refractivity contribution in [2.75, 3.05) is 24.5 Å². The fraction of sp³-hybridized carbons (Fsp3) is 0.421. The van der Waals surface area contributed by atoms with E-state index >= 15 is 0 Å². The molecule has 0 saturated heterocycles. The molecule has 7 heteroatoms. The molecule has 0 saturated carbocycles. The molecule has 142 valence electrons. The van der Waals surface area contributed by atoms with E-state index in [9.17, 15) is 9.90 Å². The quantitative estimate of drug-likeness (QED) is 0.664. The lowest BCUT2D eigenvalue weighted by molar-refractivity contribution is 0.0697. The van der Waals surface area contributed by atoms with E-state index < -0.39 is 5.97 Å². The molecular formula is C19H27N3O2S2. The normalized spacial score (nSPS) is 11.9. The first-order chi connectivity index (χ1) is 12.2. The van der Waals surface area contributed by atoms with Gasteiger partial charge in [0.15, 0.2) is 0 Å². The van der Waals surface area contributed by atoms with Crippen molar-refractivity contribution in [2.24, 2.45) is 0 Å². The molecule has 0 spiro atoms. The second-order valence-electron chi connectivity index (χ2n) is 6.83. The van der Waals surface area contributed by atoms with E-state index in [1.165, 1.54) is 23.5 Å². The van der Waals surface area contributed by atoms with Crippen LogP contribution >= 0.6 is 21.4 Å². The maximum Gasteiger partial charge on any atom is 0.339 e. The third-order valence-electron chi connectivity index (χ3n) is 3.63. The van der Waals surface area contributed by atoms with Crippen molar-refractivity contribution in [3.05, 3.63) is 36.0 Å². The van der Waals surface area contributed by atoms with Gasteiger partial charge in [-0.2, -0.15) is 5.10 Å². The Bertz CT molecular complexity index is 845. The Morgan fingerprint density at radius 2 is 1.92 bits per heavy atom. The molecule has 0 aliphatic heterocycles. The molecule has 2 aromatic heterocycles. The first kappa shape index (κ1) is 20.5. The summed E-state index contributed by atoms with van der Waals surface area (Å²) in [6.07, 6.45) is 9.96. The van der Waals surface area contributed by atoms with Gasteiger partial charge in [-0.15, -0.1) is 11.3 Å². The van der Waals surface area contributed by atoms with E-state index in [0.29, 0.717) is 17.2 Å². The molecule has 3 rings (SSSR count). The lowest BCUT2D eigenvalue weighted by atomic mass is 10.2. The topological polar surface area (TPSA) is 68.0 Å².